The molecule has 2 aliphatic rings. The van der Waals surface area contributed by atoms with Gasteiger partial charge < -0.3 is 10.4 Å². The van der Waals surface area contributed by atoms with Crippen molar-refractivity contribution < 1.29 is 19.5 Å². The number of carboxylic acid groups (broad SMARTS) is 1. The van der Waals surface area contributed by atoms with Crippen molar-refractivity contribution in [1.82, 2.24) is 10.2 Å². The molecule has 0 radical (unpaired) electrons. The molecule has 0 saturated heterocycles. The number of carbonyl (C=O) groups is 3. The maximum absolute atomic E-state index is 12.2. The Morgan fingerprint density at radius 1 is 1.24 bits per heavy atom. The van der Waals surface area contributed by atoms with Gasteiger partial charge in [0, 0.05) is 6.54 Å². The van der Waals surface area contributed by atoms with Gasteiger partial charge in [0.05, 0.1) is 11.1 Å². The molecule has 2 heterocycles. The second kappa shape index (κ2) is 5.14. The average Bonchev–Trinajstić information content (AvgIpc) is 2.72. The number of fused-ring (bicyclic) bond motifs is 1. The van der Waals surface area contributed by atoms with E-state index in [1.165, 1.54) is 0 Å². The summed E-state index contributed by atoms with van der Waals surface area (Å²) in [4.78, 5) is 35.8. The Labute approximate surface area is 121 Å². The van der Waals surface area contributed by atoms with Crippen molar-refractivity contribution in [2.75, 3.05) is 19.6 Å². The summed E-state index contributed by atoms with van der Waals surface area (Å²) in [7, 11) is 0. The van der Waals surface area contributed by atoms with E-state index in [0.717, 1.165) is 35.5 Å². The third-order valence-electron chi connectivity index (χ3n) is 3.70. The highest BCUT2D eigenvalue weighted by atomic mass is 16.4. The standard InChI is InChI=1S/C15H14N2O4/c18-13(19)8-17-14(20)11-2-1-10(7-12(11)15(17)21)9-3-5-16-6-4-9/h1-3,7,16H,4-6,8H2,(H,18,19). The monoisotopic (exact) mass is 286 g/mol. The van der Waals surface area contributed by atoms with Gasteiger partial charge in [-0.2, -0.15) is 0 Å². The summed E-state index contributed by atoms with van der Waals surface area (Å²) in [6, 6.07) is 5.11. The number of amides is 2. The molecule has 0 aliphatic carbocycles. The first-order chi connectivity index (χ1) is 10.1. The summed E-state index contributed by atoms with van der Waals surface area (Å²) < 4.78 is 0. The molecule has 0 aromatic heterocycles. The minimum absolute atomic E-state index is 0.277. The highest BCUT2D eigenvalue weighted by molar-refractivity contribution is 6.22. The van der Waals surface area contributed by atoms with Crippen molar-refractivity contribution in [2.24, 2.45) is 0 Å². The topological polar surface area (TPSA) is 86.7 Å². The SMILES string of the molecule is O=C(O)CN1C(=O)c2ccc(C3=CCNCC3)cc2C1=O. The van der Waals surface area contributed by atoms with E-state index in [0.29, 0.717) is 0 Å². The van der Waals surface area contributed by atoms with Gasteiger partial charge in [-0.05, 0) is 36.2 Å². The van der Waals surface area contributed by atoms with Gasteiger partial charge in [-0.3, -0.25) is 19.3 Å². The molecule has 2 aliphatic heterocycles. The van der Waals surface area contributed by atoms with Gasteiger partial charge in [0.25, 0.3) is 11.8 Å². The van der Waals surface area contributed by atoms with Crippen LogP contribution in [0.2, 0.25) is 0 Å². The first kappa shape index (κ1) is 13.5. The number of carbonyl (C=O) groups excluding carboxylic acids is 2. The number of hydrogen-bond donors (Lipinski definition) is 2. The summed E-state index contributed by atoms with van der Waals surface area (Å²) >= 11 is 0. The minimum Gasteiger partial charge on any atom is -0.480 e. The normalized spacial score (nSPS) is 17.7. The zero-order valence-corrected chi connectivity index (χ0v) is 11.3. The van der Waals surface area contributed by atoms with Crippen LogP contribution in [0.3, 0.4) is 0 Å². The van der Waals surface area contributed by atoms with Gasteiger partial charge in [-0.1, -0.05) is 12.1 Å². The fourth-order valence-corrected chi connectivity index (χ4v) is 2.65. The summed E-state index contributed by atoms with van der Waals surface area (Å²) in [6.07, 6.45) is 2.92. The molecule has 1 aromatic rings. The number of nitrogens with zero attached hydrogens (tertiary/aromatic N) is 1. The summed E-state index contributed by atoms with van der Waals surface area (Å²) in [5.74, 6) is -2.28. The second-order valence-electron chi connectivity index (χ2n) is 5.03. The highest BCUT2D eigenvalue weighted by Gasteiger charge is 2.36. The number of benzene rings is 1. The van der Waals surface area contributed by atoms with E-state index in [1.807, 2.05) is 6.07 Å². The van der Waals surface area contributed by atoms with Crippen molar-refractivity contribution in [3.05, 3.63) is 41.0 Å². The zero-order valence-electron chi connectivity index (χ0n) is 11.3. The molecule has 0 bridgehead atoms. The van der Waals surface area contributed by atoms with Crippen LogP contribution in [-0.2, 0) is 4.79 Å². The number of aliphatic carboxylic acids is 1. The third kappa shape index (κ3) is 2.34. The van der Waals surface area contributed by atoms with Crippen LogP contribution in [0.1, 0.15) is 32.7 Å². The second-order valence-corrected chi connectivity index (χ2v) is 5.03. The van der Waals surface area contributed by atoms with E-state index < -0.39 is 24.3 Å². The van der Waals surface area contributed by atoms with Crippen molar-refractivity contribution in [3.63, 3.8) is 0 Å². The molecule has 21 heavy (non-hydrogen) atoms. The lowest BCUT2D eigenvalue weighted by atomic mass is 9.96. The smallest absolute Gasteiger partial charge is 0.323 e. The summed E-state index contributed by atoms with van der Waals surface area (Å²) in [5, 5.41) is 12.0. The fraction of sp³-hybridized carbons (Fsp3) is 0.267. The Kier molecular flexibility index (Phi) is 3.31. The molecule has 0 fully saturated rings. The lowest BCUT2D eigenvalue weighted by Crippen LogP contribution is -2.34. The Hall–Kier alpha value is -2.47. The van der Waals surface area contributed by atoms with E-state index in [1.54, 1.807) is 12.1 Å². The molecular weight excluding hydrogens is 272 g/mol. The number of hydrogen-bond acceptors (Lipinski definition) is 4. The lowest BCUT2D eigenvalue weighted by Gasteiger charge is -2.14. The third-order valence-corrected chi connectivity index (χ3v) is 3.70. The maximum atomic E-state index is 12.2. The van der Waals surface area contributed by atoms with Gasteiger partial charge in [0.2, 0.25) is 0 Å². The van der Waals surface area contributed by atoms with Gasteiger partial charge >= 0.3 is 5.97 Å². The van der Waals surface area contributed by atoms with Gasteiger partial charge in [-0.25, -0.2) is 0 Å². The summed E-state index contributed by atoms with van der Waals surface area (Å²) in [6.45, 7) is 1.06. The van der Waals surface area contributed by atoms with Crippen molar-refractivity contribution in [3.8, 4) is 0 Å². The number of imide groups is 1. The fourth-order valence-electron chi connectivity index (χ4n) is 2.65. The highest BCUT2D eigenvalue weighted by Crippen LogP contribution is 2.28. The first-order valence-electron chi connectivity index (χ1n) is 6.70. The number of rotatable bonds is 3. The van der Waals surface area contributed by atoms with Gasteiger partial charge in [-0.15, -0.1) is 0 Å². The largest absolute Gasteiger partial charge is 0.480 e. The lowest BCUT2D eigenvalue weighted by molar-refractivity contribution is -0.137. The van der Waals surface area contributed by atoms with Gasteiger partial charge in [0.1, 0.15) is 6.54 Å². The number of nitrogens with one attached hydrogen (secondary N) is 1. The van der Waals surface area contributed by atoms with Crippen LogP contribution < -0.4 is 5.32 Å². The molecule has 6 nitrogen and oxygen atoms in total. The Morgan fingerprint density at radius 2 is 2.00 bits per heavy atom. The Balaban J connectivity index is 1.96. The van der Waals surface area contributed by atoms with E-state index >= 15 is 0 Å². The van der Waals surface area contributed by atoms with Crippen LogP contribution in [0.4, 0.5) is 0 Å². The molecule has 0 saturated carbocycles. The van der Waals surface area contributed by atoms with Crippen LogP contribution >= 0.6 is 0 Å². The maximum Gasteiger partial charge on any atom is 0.323 e. The molecule has 0 atom stereocenters. The Bertz CT molecular complexity index is 678. The average molecular weight is 286 g/mol. The van der Waals surface area contributed by atoms with Crippen molar-refractivity contribution in [2.45, 2.75) is 6.42 Å². The van der Waals surface area contributed by atoms with E-state index in [-0.39, 0.29) is 11.1 Å². The zero-order chi connectivity index (χ0) is 15.0. The first-order valence-corrected chi connectivity index (χ1v) is 6.70. The predicted octanol–water partition coefficient (Wildman–Crippen LogP) is 0.744. The van der Waals surface area contributed by atoms with Crippen LogP contribution in [0.25, 0.3) is 5.57 Å². The number of carboxylic acids is 1. The molecular formula is C15H14N2O4. The molecule has 0 spiro atoms. The molecule has 2 N–H and O–H groups in total. The molecule has 1 aromatic carbocycles. The summed E-state index contributed by atoms with van der Waals surface area (Å²) in [5.41, 5.74) is 2.61. The predicted molar refractivity (Wildman–Crippen MR) is 74.9 cm³/mol. The molecule has 0 unspecified atom stereocenters. The molecule has 2 amide bonds. The van der Waals surface area contributed by atoms with E-state index in [4.69, 9.17) is 5.11 Å². The molecule has 3 rings (SSSR count). The molecule has 6 heteroatoms. The van der Waals surface area contributed by atoms with E-state index in [2.05, 4.69) is 11.4 Å². The van der Waals surface area contributed by atoms with Crippen LogP contribution in [0, 0.1) is 0 Å². The minimum atomic E-state index is -1.20. The van der Waals surface area contributed by atoms with Crippen LogP contribution in [0.5, 0.6) is 0 Å². The van der Waals surface area contributed by atoms with E-state index in [9.17, 15) is 14.4 Å². The van der Waals surface area contributed by atoms with Crippen molar-refractivity contribution in [1.29, 1.82) is 0 Å². The Morgan fingerprint density at radius 3 is 2.67 bits per heavy atom. The van der Waals surface area contributed by atoms with Crippen LogP contribution in [0.15, 0.2) is 24.3 Å². The van der Waals surface area contributed by atoms with Gasteiger partial charge in [0.15, 0.2) is 0 Å². The molecule has 108 valence electrons. The quantitative estimate of drug-likeness (QED) is 0.800. The van der Waals surface area contributed by atoms with Crippen molar-refractivity contribution >= 4 is 23.4 Å². The van der Waals surface area contributed by atoms with Crippen LogP contribution in [-0.4, -0.2) is 47.4 Å².